The van der Waals surface area contributed by atoms with E-state index >= 15 is 0 Å². The highest BCUT2D eigenvalue weighted by molar-refractivity contribution is 7.10. The summed E-state index contributed by atoms with van der Waals surface area (Å²) in [5.41, 5.74) is 10.8. The Labute approximate surface area is 232 Å². The number of benzene rings is 2. The van der Waals surface area contributed by atoms with Crippen molar-refractivity contribution >= 4 is 51.8 Å². The highest BCUT2D eigenvalue weighted by atomic mass is 32.1. The van der Waals surface area contributed by atoms with Crippen molar-refractivity contribution in [1.29, 1.82) is 0 Å². The van der Waals surface area contributed by atoms with Crippen molar-refractivity contribution in [2.45, 2.75) is 19.9 Å². The summed E-state index contributed by atoms with van der Waals surface area (Å²) in [6.45, 7) is 3.63. The normalized spacial score (nSPS) is 12.3. The molecule has 6 rings (SSSR count). The number of aromatic nitrogens is 6. The zero-order valence-corrected chi connectivity index (χ0v) is 22.5. The largest absolute Gasteiger partial charge is 0.381 e. The molecule has 11 heteroatoms. The van der Waals surface area contributed by atoms with Crippen LogP contribution in [0.1, 0.15) is 45.3 Å². The van der Waals surface area contributed by atoms with Gasteiger partial charge in [0, 0.05) is 23.0 Å². The molecule has 3 N–H and O–H groups in total. The molecule has 198 valence electrons. The van der Waals surface area contributed by atoms with E-state index in [4.69, 9.17) is 10.7 Å². The molecule has 6 aromatic rings. The van der Waals surface area contributed by atoms with Crippen LogP contribution in [0.2, 0.25) is 0 Å². The number of carbonyl (C=O) groups is 1. The van der Waals surface area contributed by atoms with E-state index in [2.05, 4.69) is 20.4 Å². The third-order valence-electron chi connectivity index (χ3n) is 6.55. The smallest absolute Gasteiger partial charge is 0.266 e. The molecule has 2 aromatic carbocycles. The molecular formula is C29H24N8O2S. The number of thiazole rings is 1. The summed E-state index contributed by atoms with van der Waals surface area (Å²) >= 11 is 1.51. The van der Waals surface area contributed by atoms with Crippen LogP contribution in [0, 0.1) is 6.92 Å². The predicted molar refractivity (Wildman–Crippen MR) is 156 cm³/mol. The molecule has 0 saturated heterocycles. The second-order valence-electron chi connectivity index (χ2n) is 9.20. The quantitative estimate of drug-likeness (QED) is 0.314. The average Bonchev–Trinajstić information content (AvgIpc) is 3.60. The summed E-state index contributed by atoms with van der Waals surface area (Å²) < 4.78 is 3.07. The first-order chi connectivity index (χ1) is 19.4. The summed E-state index contributed by atoms with van der Waals surface area (Å²) in [6.07, 6.45) is 7.18. The van der Waals surface area contributed by atoms with Crippen molar-refractivity contribution in [1.82, 2.24) is 34.4 Å². The Kier molecular flexibility index (Phi) is 6.40. The number of nitrogens with two attached hydrogens (primary N) is 1. The molecule has 1 atom stereocenters. The van der Waals surface area contributed by atoms with Crippen LogP contribution in [0.4, 0.5) is 5.82 Å². The molecule has 0 fully saturated rings. The standard InChI is InChI=1S/C29H24N8O2S/c1-17-13-14-32-27-24(25(30)35-37(17)27)28(38)33-18(2)26-34-22-10-6-7-19(11-12-21-15-31-16-40-21)23(22)29(39)36(26)20-8-4-3-5-9-20/h3-16,18H,1-2H3,(H2,30,35)(H,33,38). The van der Waals surface area contributed by atoms with Crippen LogP contribution in [0.15, 0.2) is 77.3 Å². The molecular weight excluding hydrogens is 524 g/mol. The van der Waals surface area contributed by atoms with E-state index in [1.165, 1.54) is 15.9 Å². The SMILES string of the molecule is Cc1ccnc2c(C(=O)NC(C)c3nc4cccc(C=Cc5cncs5)c4c(=O)n3-c3ccccc3)c(N)nn12. The van der Waals surface area contributed by atoms with Crippen LogP contribution < -0.4 is 16.6 Å². The first-order valence-electron chi connectivity index (χ1n) is 12.5. The molecule has 0 spiro atoms. The molecule has 40 heavy (non-hydrogen) atoms. The summed E-state index contributed by atoms with van der Waals surface area (Å²) in [4.78, 5) is 41.9. The number of nitrogens with one attached hydrogen (secondary N) is 1. The fourth-order valence-electron chi connectivity index (χ4n) is 4.64. The van der Waals surface area contributed by atoms with Gasteiger partial charge in [-0.2, -0.15) is 0 Å². The number of fused-ring (bicyclic) bond motifs is 2. The number of carbonyl (C=O) groups excluding carboxylic acids is 1. The Hall–Kier alpha value is -5.16. The van der Waals surface area contributed by atoms with Gasteiger partial charge in [0.2, 0.25) is 0 Å². The zero-order chi connectivity index (χ0) is 27.8. The Morgan fingerprint density at radius 3 is 2.70 bits per heavy atom. The van der Waals surface area contributed by atoms with Crippen molar-refractivity contribution in [3.8, 4) is 5.69 Å². The first kappa shape index (κ1) is 25.1. The van der Waals surface area contributed by atoms with Gasteiger partial charge in [-0.15, -0.1) is 16.4 Å². The fraction of sp³-hybridized carbons (Fsp3) is 0.103. The Bertz CT molecular complexity index is 1960. The van der Waals surface area contributed by atoms with E-state index in [1.807, 2.05) is 61.5 Å². The second kappa shape index (κ2) is 10.2. The third kappa shape index (κ3) is 4.41. The van der Waals surface area contributed by atoms with Crippen LogP contribution in [0.25, 0.3) is 34.4 Å². The molecule has 0 aliphatic rings. The lowest BCUT2D eigenvalue weighted by Crippen LogP contribution is -2.33. The van der Waals surface area contributed by atoms with Crippen molar-refractivity contribution < 1.29 is 4.79 Å². The molecule has 10 nitrogen and oxygen atoms in total. The van der Waals surface area contributed by atoms with Gasteiger partial charge < -0.3 is 11.1 Å². The lowest BCUT2D eigenvalue weighted by molar-refractivity contribution is 0.0940. The van der Waals surface area contributed by atoms with Gasteiger partial charge in [0.15, 0.2) is 11.5 Å². The minimum absolute atomic E-state index is 0.0655. The van der Waals surface area contributed by atoms with Gasteiger partial charge in [-0.1, -0.05) is 36.4 Å². The fourth-order valence-corrected chi connectivity index (χ4v) is 5.15. The topological polar surface area (TPSA) is 133 Å². The van der Waals surface area contributed by atoms with Crippen molar-refractivity contribution in [3.63, 3.8) is 0 Å². The number of anilines is 1. The summed E-state index contributed by atoms with van der Waals surface area (Å²) in [6, 6.07) is 15.9. The van der Waals surface area contributed by atoms with Gasteiger partial charge in [0.25, 0.3) is 11.5 Å². The van der Waals surface area contributed by atoms with Crippen molar-refractivity contribution in [2.75, 3.05) is 5.73 Å². The van der Waals surface area contributed by atoms with Gasteiger partial charge in [-0.3, -0.25) is 19.1 Å². The Balaban J connectivity index is 1.47. The lowest BCUT2D eigenvalue weighted by atomic mass is 10.1. The zero-order valence-electron chi connectivity index (χ0n) is 21.6. The number of nitrogen functional groups attached to an aromatic ring is 1. The molecule has 1 unspecified atom stereocenters. The number of aryl methyl sites for hydroxylation is 1. The summed E-state index contributed by atoms with van der Waals surface area (Å²) in [7, 11) is 0. The molecule has 4 heterocycles. The number of para-hydroxylation sites is 1. The lowest BCUT2D eigenvalue weighted by Gasteiger charge is -2.20. The van der Waals surface area contributed by atoms with Crippen molar-refractivity contribution in [3.05, 3.63) is 110 Å². The predicted octanol–water partition coefficient (Wildman–Crippen LogP) is 4.44. The molecule has 4 aromatic heterocycles. The number of nitrogens with zero attached hydrogens (tertiary/aromatic N) is 6. The molecule has 0 aliphatic carbocycles. The van der Waals surface area contributed by atoms with Crippen LogP contribution in [0.3, 0.4) is 0 Å². The van der Waals surface area contributed by atoms with E-state index in [1.54, 1.807) is 41.5 Å². The van der Waals surface area contributed by atoms with Crippen LogP contribution >= 0.6 is 11.3 Å². The molecule has 1 amide bonds. The van der Waals surface area contributed by atoms with Crippen LogP contribution in [-0.4, -0.2) is 35.0 Å². The highest BCUT2D eigenvalue weighted by Crippen LogP contribution is 2.24. The number of hydrogen-bond donors (Lipinski definition) is 2. The maximum absolute atomic E-state index is 14.1. The minimum atomic E-state index is -0.666. The van der Waals surface area contributed by atoms with E-state index in [9.17, 15) is 9.59 Å². The van der Waals surface area contributed by atoms with Gasteiger partial charge in [-0.25, -0.2) is 14.5 Å². The van der Waals surface area contributed by atoms with E-state index < -0.39 is 11.9 Å². The summed E-state index contributed by atoms with van der Waals surface area (Å²) in [5.74, 6) is -0.0242. The monoisotopic (exact) mass is 548 g/mol. The molecule has 0 radical (unpaired) electrons. The van der Waals surface area contributed by atoms with Gasteiger partial charge in [0.05, 0.1) is 28.1 Å². The number of rotatable bonds is 6. The molecule has 0 bridgehead atoms. The summed E-state index contributed by atoms with van der Waals surface area (Å²) in [5, 5.41) is 7.70. The van der Waals surface area contributed by atoms with E-state index in [-0.39, 0.29) is 16.9 Å². The number of amides is 1. The molecule has 0 aliphatic heterocycles. The Morgan fingerprint density at radius 1 is 1.10 bits per heavy atom. The Morgan fingerprint density at radius 2 is 1.93 bits per heavy atom. The number of hydrogen-bond acceptors (Lipinski definition) is 8. The second-order valence-corrected chi connectivity index (χ2v) is 10.1. The van der Waals surface area contributed by atoms with Crippen molar-refractivity contribution in [2.24, 2.45) is 0 Å². The maximum Gasteiger partial charge on any atom is 0.266 e. The van der Waals surface area contributed by atoms with Gasteiger partial charge in [0.1, 0.15) is 11.4 Å². The first-order valence-corrected chi connectivity index (χ1v) is 13.4. The highest BCUT2D eigenvalue weighted by Gasteiger charge is 2.25. The third-order valence-corrected chi connectivity index (χ3v) is 7.29. The van der Waals surface area contributed by atoms with Crippen LogP contribution in [-0.2, 0) is 0 Å². The van der Waals surface area contributed by atoms with Gasteiger partial charge >= 0.3 is 0 Å². The van der Waals surface area contributed by atoms with E-state index in [0.29, 0.717) is 28.1 Å². The maximum atomic E-state index is 14.1. The average molecular weight is 549 g/mol. The molecule has 0 saturated carbocycles. The van der Waals surface area contributed by atoms with Gasteiger partial charge in [-0.05, 0) is 49.8 Å². The minimum Gasteiger partial charge on any atom is -0.381 e. The van der Waals surface area contributed by atoms with E-state index in [0.717, 1.165) is 16.1 Å². The van der Waals surface area contributed by atoms with Crippen LogP contribution in [0.5, 0.6) is 0 Å².